The van der Waals surface area contributed by atoms with Crippen molar-refractivity contribution in [1.29, 1.82) is 0 Å². The fourth-order valence-corrected chi connectivity index (χ4v) is 5.25. The summed E-state index contributed by atoms with van der Waals surface area (Å²) in [6, 6.07) is 3.71. The minimum Gasteiger partial charge on any atom is -0.508 e. The molecule has 0 heterocycles. The van der Waals surface area contributed by atoms with Gasteiger partial charge in [0, 0.05) is 10.9 Å². The number of halogens is 1. The molecule has 1 aromatic carbocycles. The van der Waals surface area contributed by atoms with Crippen LogP contribution < -0.4 is 0 Å². The molecule has 0 aromatic heterocycles. The number of aliphatic hydroxyl groups excluding tert-OH is 1. The molecule has 1 aromatic rings. The Morgan fingerprint density at radius 1 is 1.04 bits per heavy atom. The molecule has 3 nitrogen and oxygen atoms in total. The summed E-state index contributed by atoms with van der Waals surface area (Å²) in [6.07, 6.45) is 7.83. The fraction of sp³-hybridized carbons (Fsp3) is 0.750. The molecule has 0 aliphatic heterocycles. The Morgan fingerprint density at radius 2 is 1.64 bits per heavy atom. The topological polar surface area (TPSA) is 60.7 Å². The van der Waals surface area contributed by atoms with Gasteiger partial charge in [-0.05, 0) is 73.0 Å². The second-order valence-corrected chi connectivity index (χ2v) is 10.4. The summed E-state index contributed by atoms with van der Waals surface area (Å²) in [6.45, 7) is 8.76. The average Bonchev–Trinajstić information content (AvgIpc) is 2.60. The molecule has 0 spiro atoms. The fourth-order valence-electron chi connectivity index (χ4n) is 4.85. The third-order valence-electron chi connectivity index (χ3n) is 6.71. The van der Waals surface area contributed by atoms with Crippen molar-refractivity contribution in [2.45, 2.75) is 96.5 Å². The van der Waals surface area contributed by atoms with Crippen LogP contribution in [0.3, 0.4) is 0 Å². The first-order valence-electron chi connectivity index (χ1n) is 11.0. The highest BCUT2D eigenvalue weighted by Crippen LogP contribution is 2.49. The summed E-state index contributed by atoms with van der Waals surface area (Å²) in [5.74, 6) is 1.20. The number of alkyl halides is 1. The van der Waals surface area contributed by atoms with Crippen LogP contribution in [0.5, 0.6) is 11.5 Å². The Morgan fingerprint density at radius 3 is 2.21 bits per heavy atom. The minimum absolute atomic E-state index is 0.00478. The molecule has 1 saturated carbocycles. The van der Waals surface area contributed by atoms with Crippen LogP contribution in [-0.2, 0) is 5.41 Å². The molecule has 1 aliphatic rings. The zero-order valence-electron chi connectivity index (χ0n) is 18.0. The predicted molar refractivity (Wildman–Crippen MR) is 121 cm³/mol. The van der Waals surface area contributed by atoms with E-state index in [9.17, 15) is 15.3 Å². The Kier molecular flexibility index (Phi) is 8.69. The van der Waals surface area contributed by atoms with Crippen molar-refractivity contribution >= 4 is 15.9 Å². The van der Waals surface area contributed by atoms with Gasteiger partial charge in [-0.15, -0.1) is 0 Å². The van der Waals surface area contributed by atoms with Crippen LogP contribution in [-0.4, -0.2) is 26.8 Å². The van der Waals surface area contributed by atoms with Crippen LogP contribution in [0.2, 0.25) is 0 Å². The van der Waals surface area contributed by atoms with Gasteiger partial charge in [0.15, 0.2) is 0 Å². The van der Waals surface area contributed by atoms with Crippen molar-refractivity contribution < 1.29 is 15.3 Å². The molecule has 0 amide bonds. The zero-order valence-corrected chi connectivity index (χ0v) is 19.6. The standard InChI is InChI=1S/C24H39BrO3/c1-16(2)19-10-9-18(26)15-20(19)23-21(27)13-17(14-22(23)28)24(3,4)11-7-5-6-8-12-25/h13-14,16,18-20,26-28H,5-12,15H2,1-4H3/t18?,19-,20+/m0/s1. The summed E-state index contributed by atoms with van der Waals surface area (Å²) in [4.78, 5) is 0. The molecule has 1 aliphatic carbocycles. The zero-order chi connectivity index (χ0) is 20.9. The van der Waals surface area contributed by atoms with Crippen molar-refractivity contribution in [1.82, 2.24) is 0 Å². The average molecular weight is 455 g/mol. The maximum atomic E-state index is 10.9. The van der Waals surface area contributed by atoms with E-state index in [4.69, 9.17) is 0 Å². The molecule has 28 heavy (non-hydrogen) atoms. The molecule has 3 N–H and O–H groups in total. The van der Waals surface area contributed by atoms with Gasteiger partial charge in [0.1, 0.15) is 11.5 Å². The summed E-state index contributed by atoms with van der Waals surface area (Å²) >= 11 is 3.48. The third kappa shape index (κ3) is 5.89. The van der Waals surface area contributed by atoms with Crippen LogP contribution in [0.25, 0.3) is 0 Å². The van der Waals surface area contributed by atoms with Crippen LogP contribution in [0.1, 0.15) is 96.1 Å². The second-order valence-electron chi connectivity index (χ2n) is 9.65. The van der Waals surface area contributed by atoms with Gasteiger partial charge in [-0.1, -0.05) is 62.9 Å². The van der Waals surface area contributed by atoms with Crippen molar-refractivity contribution in [3.05, 3.63) is 23.3 Å². The molecule has 0 radical (unpaired) electrons. The summed E-state index contributed by atoms with van der Waals surface area (Å²) in [7, 11) is 0. The number of unbranched alkanes of at least 4 members (excludes halogenated alkanes) is 3. The first-order valence-corrected chi connectivity index (χ1v) is 12.1. The first kappa shape index (κ1) is 23.5. The number of phenols is 2. The van der Waals surface area contributed by atoms with E-state index in [1.807, 2.05) is 12.1 Å². The summed E-state index contributed by atoms with van der Waals surface area (Å²) in [5.41, 5.74) is 1.53. The Hall–Kier alpha value is -0.740. The first-order chi connectivity index (χ1) is 13.2. The van der Waals surface area contributed by atoms with E-state index in [-0.39, 0.29) is 28.9 Å². The highest BCUT2D eigenvalue weighted by Gasteiger charge is 2.36. The van der Waals surface area contributed by atoms with E-state index >= 15 is 0 Å². The summed E-state index contributed by atoms with van der Waals surface area (Å²) in [5, 5.41) is 33.0. The van der Waals surface area contributed by atoms with Gasteiger partial charge < -0.3 is 15.3 Å². The lowest BCUT2D eigenvalue weighted by molar-refractivity contribution is 0.0782. The van der Waals surface area contributed by atoms with Gasteiger partial charge in [0.2, 0.25) is 0 Å². The third-order valence-corrected chi connectivity index (χ3v) is 7.27. The maximum Gasteiger partial charge on any atom is 0.123 e. The van der Waals surface area contributed by atoms with Gasteiger partial charge in [-0.25, -0.2) is 0 Å². The van der Waals surface area contributed by atoms with Gasteiger partial charge in [-0.3, -0.25) is 0 Å². The van der Waals surface area contributed by atoms with Gasteiger partial charge in [-0.2, -0.15) is 0 Å². The maximum absolute atomic E-state index is 10.9. The smallest absolute Gasteiger partial charge is 0.123 e. The molecule has 1 fully saturated rings. The number of aliphatic hydroxyl groups is 1. The van der Waals surface area contributed by atoms with Gasteiger partial charge in [0.25, 0.3) is 0 Å². The molecule has 160 valence electrons. The molecule has 0 saturated heterocycles. The normalized spacial score (nSPS) is 23.3. The van der Waals surface area contributed by atoms with Crippen LogP contribution in [0, 0.1) is 11.8 Å². The molecule has 4 heteroatoms. The Balaban J connectivity index is 2.21. The molecular formula is C24H39BrO3. The molecule has 3 atom stereocenters. The lowest BCUT2D eigenvalue weighted by Gasteiger charge is -2.38. The number of aromatic hydroxyl groups is 2. The highest BCUT2D eigenvalue weighted by atomic mass is 79.9. The monoisotopic (exact) mass is 454 g/mol. The lowest BCUT2D eigenvalue weighted by atomic mass is 9.68. The van der Waals surface area contributed by atoms with Crippen LogP contribution in [0.15, 0.2) is 12.1 Å². The van der Waals surface area contributed by atoms with Gasteiger partial charge in [0.05, 0.1) is 6.10 Å². The number of rotatable bonds is 9. The Bertz CT molecular complexity index is 603. The van der Waals surface area contributed by atoms with Gasteiger partial charge >= 0.3 is 0 Å². The number of hydrogen-bond acceptors (Lipinski definition) is 3. The molecular weight excluding hydrogens is 416 g/mol. The van der Waals surface area contributed by atoms with Crippen molar-refractivity contribution in [3.63, 3.8) is 0 Å². The predicted octanol–water partition coefficient (Wildman–Crippen LogP) is 6.62. The van der Waals surface area contributed by atoms with Crippen molar-refractivity contribution in [3.8, 4) is 11.5 Å². The lowest BCUT2D eigenvalue weighted by Crippen LogP contribution is -2.29. The Labute approximate surface area is 179 Å². The van der Waals surface area contributed by atoms with Crippen molar-refractivity contribution in [2.75, 3.05) is 5.33 Å². The highest BCUT2D eigenvalue weighted by molar-refractivity contribution is 9.09. The summed E-state index contributed by atoms with van der Waals surface area (Å²) < 4.78 is 0. The van der Waals surface area contributed by atoms with Crippen LogP contribution >= 0.6 is 15.9 Å². The van der Waals surface area contributed by atoms with E-state index in [1.165, 1.54) is 19.3 Å². The SMILES string of the molecule is CC(C)[C@@H]1CCC(O)C[C@H]1c1c(O)cc(C(C)(C)CCCCCCBr)cc1O. The molecule has 2 rings (SSSR count). The van der Waals surface area contributed by atoms with E-state index in [0.29, 0.717) is 23.8 Å². The van der Waals surface area contributed by atoms with E-state index in [2.05, 4.69) is 43.6 Å². The quantitative estimate of drug-likeness (QED) is 0.290. The van der Waals surface area contributed by atoms with E-state index < -0.39 is 0 Å². The molecule has 0 bridgehead atoms. The second kappa shape index (κ2) is 10.3. The van der Waals surface area contributed by atoms with E-state index in [1.54, 1.807) is 0 Å². The number of benzene rings is 1. The van der Waals surface area contributed by atoms with E-state index in [0.717, 1.165) is 36.6 Å². The minimum atomic E-state index is -0.352. The van der Waals surface area contributed by atoms with Crippen molar-refractivity contribution in [2.24, 2.45) is 11.8 Å². The number of hydrogen-bond donors (Lipinski definition) is 3. The number of phenolic OH excluding ortho intramolecular Hbond substituents is 2. The largest absolute Gasteiger partial charge is 0.508 e. The molecule has 1 unspecified atom stereocenters. The van der Waals surface area contributed by atoms with Crippen LogP contribution in [0.4, 0.5) is 0 Å².